The van der Waals surface area contributed by atoms with Crippen LogP contribution >= 0.6 is 0 Å². The molecule has 2 aromatic carbocycles. The van der Waals surface area contributed by atoms with Crippen molar-refractivity contribution >= 4 is 17.4 Å². The zero-order valence-electron chi connectivity index (χ0n) is 17.0. The van der Waals surface area contributed by atoms with Crippen molar-refractivity contribution in [3.8, 4) is 6.07 Å². The maximum atomic E-state index is 14.3. The summed E-state index contributed by atoms with van der Waals surface area (Å²) in [7, 11) is 0. The molecular formula is C23H23FN6O. The molecule has 0 aliphatic carbocycles. The van der Waals surface area contributed by atoms with Crippen LogP contribution in [0, 0.1) is 17.1 Å². The molecule has 1 saturated heterocycles. The van der Waals surface area contributed by atoms with Crippen LogP contribution in [0.15, 0.2) is 60.8 Å². The first-order valence-electron chi connectivity index (χ1n) is 10.1. The number of rotatable bonds is 6. The van der Waals surface area contributed by atoms with Crippen molar-refractivity contribution in [3.05, 3.63) is 77.7 Å². The van der Waals surface area contributed by atoms with Gasteiger partial charge in [-0.1, -0.05) is 30.3 Å². The summed E-state index contributed by atoms with van der Waals surface area (Å²) in [5, 5.41) is 16.1. The summed E-state index contributed by atoms with van der Waals surface area (Å²) in [4.78, 5) is 16.6. The maximum Gasteiger partial charge on any atom is 0.239 e. The number of halogens is 1. The molecule has 7 nitrogen and oxygen atoms in total. The summed E-state index contributed by atoms with van der Waals surface area (Å²) in [6, 6.07) is 18.2. The van der Waals surface area contributed by atoms with Crippen LogP contribution in [0.4, 0.5) is 15.9 Å². The van der Waals surface area contributed by atoms with E-state index in [0.717, 1.165) is 5.56 Å². The predicted octanol–water partition coefficient (Wildman–Crippen LogP) is 2.70. The fourth-order valence-electron chi connectivity index (χ4n) is 3.69. The van der Waals surface area contributed by atoms with Gasteiger partial charge in [-0.25, -0.2) is 9.07 Å². The van der Waals surface area contributed by atoms with Crippen LogP contribution in [0.1, 0.15) is 11.1 Å². The molecule has 8 heteroatoms. The topological polar surface area (TPSA) is 77.2 Å². The molecular weight excluding hydrogens is 395 g/mol. The Morgan fingerprint density at radius 2 is 1.87 bits per heavy atom. The molecule has 0 unspecified atom stereocenters. The molecule has 0 saturated carbocycles. The molecule has 3 aromatic rings. The number of hydrogen-bond acceptors (Lipinski definition) is 5. The molecule has 2 heterocycles. The second kappa shape index (κ2) is 9.41. The zero-order valence-corrected chi connectivity index (χ0v) is 17.0. The molecule has 1 fully saturated rings. The van der Waals surface area contributed by atoms with E-state index in [0.29, 0.717) is 49.8 Å². The van der Waals surface area contributed by atoms with Crippen molar-refractivity contribution < 1.29 is 9.18 Å². The summed E-state index contributed by atoms with van der Waals surface area (Å²) < 4.78 is 16.0. The van der Waals surface area contributed by atoms with E-state index < -0.39 is 5.82 Å². The lowest BCUT2D eigenvalue weighted by Crippen LogP contribution is -2.49. The number of aromatic nitrogens is 2. The number of benzene rings is 2. The number of carbonyl (C=O) groups excluding carboxylic acids is 1. The Labute approximate surface area is 180 Å². The van der Waals surface area contributed by atoms with Crippen LogP contribution in [0.5, 0.6) is 0 Å². The third kappa shape index (κ3) is 5.08. The average molecular weight is 418 g/mol. The minimum Gasteiger partial charge on any atom is -0.367 e. The molecule has 1 aliphatic heterocycles. The van der Waals surface area contributed by atoms with Crippen LogP contribution < -0.4 is 10.2 Å². The van der Waals surface area contributed by atoms with Gasteiger partial charge >= 0.3 is 0 Å². The fourth-order valence-corrected chi connectivity index (χ4v) is 3.69. The quantitative estimate of drug-likeness (QED) is 0.666. The molecule has 1 aromatic heterocycles. The second-order valence-corrected chi connectivity index (χ2v) is 7.45. The van der Waals surface area contributed by atoms with Gasteiger partial charge in [-0.05, 0) is 23.8 Å². The lowest BCUT2D eigenvalue weighted by Gasteiger charge is -2.35. The van der Waals surface area contributed by atoms with Crippen LogP contribution in [0.25, 0.3) is 0 Å². The highest BCUT2D eigenvalue weighted by molar-refractivity contribution is 5.91. The van der Waals surface area contributed by atoms with Gasteiger partial charge in [0.2, 0.25) is 5.91 Å². The van der Waals surface area contributed by atoms with Crippen molar-refractivity contribution in [2.75, 3.05) is 42.9 Å². The van der Waals surface area contributed by atoms with Gasteiger partial charge in [0.15, 0.2) is 0 Å². The number of nitriles is 1. The monoisotopic (exact) mass is 418 g/mol. The standard InChI is InChI=1S/C23H23FN6O/c24-20-14-19(15-25)6-7-21(20)29-12-10-28(11-13-29)17-23(31)27-22-8-9-26-30(22)16-18-4-2-1-3-5-18/h1-9,14H,10-13,16-17H2,(H,27,31). The van der Waals surface area contributed by atoms with E-state index in [2.05, 4.69) is 10.4 Å². The van der Waals surface area contributed by atoms with E-state index in [4.69, 9.17) is 5.26 Å². The fraction of sp³-hybridized carbons (Fsp3) is 0.261. The van der Waals surface area contributed by atoms with Crippen LogP contribution in [-0.4, -0.2) is 53.3 Å². The smallest absolute Gasteiger partial charge is 0.239 e. The van der Waals surface area contributed by atoms with E-state index in [1.165, 1.54) is 6.07 Å². The van der Waals surface area contributed by atoms with Crippen molar-refractivity contribution in [2.24, 2.45) is 0 Å². The van der Waals surface area contributed by atoms with E-state index in [1.807, 2.05) is 46.2 Å². The van der Waals surface area contributed by atoms with E-state index in [9.17, 15) is 9.18 Å². The van der Waals surface area contributed by atoms with Gasteiger partial charge in [-0.15, -0.1) is 0 Å². The highest BCUT2D eigenvalue weighted by Gasteiger charge is 2.21. The number of amides is 1. The van der Waals surface area contributed by atoms with Crippen molar-refractivity contribution in [2.45, 2.75) is 6.54 Å². The van der Waals surface area contributed by atoms with Gasteiger partial charge in [0.1, 0.15) is 11.6 Å². The minimum atomic E-state index is -0.392. The molecule has 1 aliphatic rings. The highest BCUT2D eigenvalue weighted by Crippen LogP contribution is 2.22. The van der Waals surface area contributed by atoms with E-state index in [1.54, 1.807) is 29.1 Å². The second-order valence-electron chi connectivity index (χ2n) is 7.45. The number of piperazine rings is 1. The normalized spacial score (nSPS) is 14.3. The van der Waals surface area contributed by atoms with E-state index in [-0.39, 0.29) is 12.5 Å². The minimum absolute atomic E-state index is 0.104. The van der Waals surface area contributed by atoms with E-state index >= 15 is 0 Å². The van der Waals surface area contributed by atoms with Crippen LogP contribution in [-0.2, 0) is 11.3 Å². The summed E-state index contributed by atoms with van der Waals surface area (Å²) in [6.07, 6.45) is 1.67. The highest BCUT2D eigenvalue weighted by atomic mass is 19.1. The summed E-state index contributed by atoms with van der Waals surface area (Å²) in [6.45, 7) is 3.37. The third-order valence-corrected chi connectivity index (χ3v) is 5.32. The first kappa shape index (κ1) is 20.6. The number of nitrogens with one attached hydrogen (secondary N) is 1. The average Bonchev–Trinajstić information content (AvgIpc) is 3.21. The summed E-state index contributed by atoms with van der Waals surface area (Å²) >= 11 is 0. The van der Waals surface area contributed by atoms with Crippen molar-refractivity contribution in [1.82, 2.24) is 14.7 Å². The predicted molar refractivity (Wildman–Crippen MR) is 116 cm³/mol. The molecule has 1 amide bonds. The van der Waals surface area contributed by atoms with Gasteiger partial charge < -0.3 is 10.2 Å². The largest absolute Gasteiger partial charge is 0.367 e. The number of hydrogen-bond donors (Lipinski definition) is 1. The molecule has 0 atom stereocenters. The molecule has 31 heavy (non-hydrogen) atoms. The molecule has 158 valence electrons. The van der Waals surface area contributed by atoms with Gasteiger partial charge in [-0.2, -0.15) is 10.4 Å². The summed E-state index contributed by atoms with van der Waals surface area (Å²) in [5.74, 6) is 0.164. The number of anilines is 2. The molecule has 1 N–H and O–H groups in total. The van der Waals surface area contributed by atoms with Crippen molar-refractivity contribution in [1.29, 1.82) is 5.26 Å². The Hall–Kier alpha value is -3.70. The van der Waals surface area contributed by atoms with Crippen LogP contribution in [0.3, 0.4) is 0 Å². The Morgan fingerprint density at radius 1 is 1.10 bits per heavy atom. The molecule has 0 radical (unpaired) electrons. The van der Waals surface area contributed by atoms with Crippen LogP contribution in [0.2, 0.25) is 0 Å². The first-order chi connectivity index (χ1) is 15.1. The Bertz CT molecular complexity index is 1080. The van der Waals surface area contributed by atoms with Gasteiger partial charge in [0.25, 0.3) is 0 Å². The molecule has 0 bridgehead atoms. The Morgan fingerprint density at radius 3 is 2.58 bits per heavy atom. The summed E-state index contributed by atoms with van der Waals surface area (Å²) in [5.41, 5.74) is 1.91. The number of nitrogens with zero attached hydrogens (tertiary/aromatic N) is 5. The molecule has 0 spiro atoms. The van der Waals surface area contributed by atoms with Gasteiger partial charge in [-0.3, -0.25) is 9.69 Å². The van der Waals surface area contributed by atoms with Gasteiger partial charge in [0.05, 0.1) is 36.6 Å². The SMILES string of the molecule is N#Cc1ccc(N2CCN(CC(=O)Nc3ccnn3Cc3ccccc3)CC2)c(F)c1. The Kier molecular flexibility index (Phi) is 6.24. The van der Waals surface area contributed by atoms with Gasteiger partial charge in [0, 0.05) is 32.2 Å². The lowest BCUT2D eigenvalue weighted by molar-refractivity contribution is -0.117. The first-order valence-corrected chi connectivity index (χ1v) is 10.1. The maximum absolute atomic E-state index is 14.3. The number of carbonyl (C=O) groups is 1. The molecule has 4 rings (SSSR count). The zero-order chi connectivity index (χ0) is 21.6. The Balaban J connectivity index is 1.29. The third-order valence-electron chi connectivity index (χ3n) is 5.32. The lowest BCUT2D eigenvalue weighted by atomic mass is 10.2. The van der Waals surface area contributed by atoms with Crippen molar-refractivity contribution in [3.63, 3.8) is 0 Å².